The van der Waals surface area contributed by atoms with Gasteiger partial charge in [0.25, 0.3) is 5.91 Å². The van der Waals surface area contributed by atoms with Gasteiger partial charge in [-0.2, -0.15) is 0 Å². The number of hydrogen-bond acceptors (Lipinski definition) is 5. The van der Waals surface area contributed by atoms with Gasteiger partial charge in [0.1, 0.15) is 0 Å². The summed E-state index contributed by atoms with van der Waals surface area (Å²) in [5.74, 6) is -0.377. The van der Waals surface area contributed by atoms with Crippen LogP contribution in [-0.2, 0) is 0 Å². The smallest absolute Gasteiger partial charge is 0.395 e. The molecule has 2 aromatic rings. The van der Waals surface area contributed by atoms with E-state index >= 15 is 0 Å². The van der Waals surface area contributed by atoms with Crippen LogP contribution in [0.4, 0.5) is 8.78 Å². The second-order valence-corrected chi connectivity index (χ2v) is 6.55. The molecule has 142 valence electrons. The van der Waals surface area contributed by atoms with Crippen molar-refractivity contribution in [3.05, 3.63) is 48.0 Å². The quantitative estimate of drug-likeness (QED) is 0.765. The molecule has 0 bridgehead atoms. The van der Waals surface area contributed by atoms with E-state index in [0.717, 1.165) is 6.54 Å². The van der Waals surface area contributed by atoms with Crippen LogP contribution in [0.1, 0.15) is 16.8 Å². The fourth-order valence-electron chi connectivity index (χ4n) is 3.23. The monoisotopic (exact) mass is 376 g/mol. The molecule has 2 unspecified atom stereocenters. The van der Waals surface area contributed by atoms with Crippen molar-refractivity contribution in [1.82, 2.24) is 10.6 Å². The van der Waals surface area contributed by atoms with Crippen LogP contribution in [0.5, 0.6) is 11.5 Å². The number of ether oxygens (including phenoxy) is 2. The lowest BCUT2D eigenvalue weighted by molar-refractivity contribution is -0.286. The first kappa shape index (κ1) is 17.7. The molecular formula is C19H18F2N2O4. The van der Waals surface area contributed by atoms with Crippen molar-refractivity contribution in [2.75, 3.05) is 13.1 Å². The summed E-state index contributed by atoms with van der Waals surface area (Å²) in [5, 5.41) is 15.9. The Hall–Kier alpha value is -2.71. The first-order valence-corrected chi connectivity index (χ1v) is 8.61. The summed E-state index contributed by atoms with van der Waals surface area (Å²) in [6, 6.07) is 11.0. The Kier molecular flexibility index (Phi) is 4.45. The molecule has 0 saturated carbocycles. The Bertz CT molecular complexity index is 875. The predicted molar refractivity (Wildman–Crippen MR) is 92.8 cm³/mol. The van der Waals surface area contributed by atoms with Crippen molar-refractivity contribution < 1.29 is 28.2 Å². The highest BCUT2D eigenvalue weighted by Crippen LogP contribution is 2.42. The zero-order valence-corrected chi connectivity index (χ0v) is 14.2. The fraction of sp³-hybridized carbons (Fsp3) is 0.316. The topological polar surface area (TPSA) is 79.8 Å². The lowest BCUT2D eigenvalue weighted by Gasteiger charge is -2.29. The van der Waals surface area contributed by atoms with Gasteiger partial charge in [-0.1, -0.05) is 18.2 Å². The minimum absolute atomic E-state index is 0.0301. The molecule has 1 amide bonds. The van der Waals surface area contributed by atoms with Crippen LogP contribution in [-0.4, -0.2) is 42.5 Å². The summed E-state index contributed by atoms with van der Waals surface area (Å²) in [4.78, 5) is 12.5. The van der Waals surface area contributed by atoms with Crippen LogP contribution in [0.15, 0.2) is 42.5 Å². The van der Waals surface area contributed by atoms with Gasteiger partial charge >= 0.3 is 6.29 Å². The Labute approximate surface area is 154 Å². The first-order chi connectivity index (χ1) is 12.9. The Morgan fingerprint density at radius 2 is 1.93 bits per heavy atom. The van der Waals surface area contributed by atoms with E-state index in [0.29, 0.717) is 29.7 Å². The van der Waals surface area contributed by atoms with Crippen LogP contribution >= 0.6 is 0 Å². The van der Waals surface area contributed by atoms with E-state index in [1.54, 1.807) is 30.3 Å². The third-order valence-electron chi connectivity index (χ3n) is 4.63. The highest BCUT2D eigenvalue weighted by atomic mass is 19.3. The van der Waals surface area contributed by atoms with Crippen molar-refractivity contribution in [2.45, 2.75) is 24.9 Å². The number of carbonyl (C=O) groups excluding carboxylic acids is 1. The summed E-state index contributed by atoms with van der Waals surface area (Å²) in [6.07, 6.45) is -3.66. The molecule has 0 spiro atoms. The highest BCUT2D eigenvalue weighted by Gasteiger charge is 2.43. The molecule has 0 radical (unpaired) electrons. The number of piperidine rings is 1. The van der Waals surface area contributed by atoms with E-state index in [-0.39, 0.29) is 23.4 Å². The molecule has 2 atom stereocenters. The van der Waals surface area contributed by atoms with Crippen LogP contribution in [0.3, 0.4) is 0 Å². The number of halogens is 2. The number of amides is 1. The molecule has 27 heavy (non-hydrogen) atoms. The lowest BCUT2D eigenvalue weighted by Crippen LogP contribution is -2.52. The predicted octanol–water partition coefficient (Wildman–Crippen LogP) is 2.13. The van der Waals surface area contributed by atoms with Crippen LogP contribution in [0.25, 0.3) is 11.1 Å². The van der Waals surface area contributed by atoms with Crippen molar-refractivity contribution in [3.63, 3.8) is 0 Å². The second-order valence-electron chi connectivity index (χ2n) is 6.55. The molecule has 4 rings (SSSR count). The number of alkyl halides is 2. The Morgan fingerprint density at radius 3 is 2.74 bits per heavy atom. The largest absolute Gasteiger partial charge is 0.586 e. The normalized spacial score (nSPS) is 23.1. The number of β-amino-alcohol motifs (C(OH)–C–C–N with tert-alkyl or cyclic N) is 1. The fourth-order valence-corrected chi connectivity index (χ4v) is 3.23. The van der Waals surface area contributed by atoms with Gasteiger partial charge < -0.3 is 25.2 Å². The van der Waals surface area contributed by atoms with E-state index in [9.17, 15) is 18.7 Å². The molecule has 8 heteroatoms. The van der Waals surface area contributed by atoms with Crippen LogP contribution < -0.4 is 20.1 Å². The minimum Gasteiger partial charge on any atom is -0.395 e. The van der Waals surface area contributed by atoms with E-state index in [1.165, 1.54) is 12.1 Å². The summed E-state index contributed by atoms with van der Waals surface area (Å²) < 4.78 is 35.2. The van der Waals surface area contributed by atoms with Gasteiger partial charge in [-0.15, -0.1) is 8.78 Å². The van der Waals surface area contributed by atoms with E-state index in [1.807, 2.05) is 0 Å². The second kappa shape index (κ2) is 6.79. The Morgan fingerprint density at radius 1 is 1.15 bits per heavy atom. The zero-order valence-electron chi connectivity index (χ0n) is 14.2. The molecule has 2 aromatic carbocycles. The number of aliphatic hydroxyl groups is 1. The molecule has 3 N–H and O–H groups in total. The van der Waals surface area contributed by atoms with Gasteiger partial charge in [0.15, 0.2) is 11.5 Å². The number of hydrogen-bond donors (Lipinski definition) is 3. The number of benzene rings is 2. The molecule has 2 aliphatic heterocycles. The van der Waals surface area contributed by atoms with Crippen molar-refractivity contribution in [3.8, 4) is 22.6 Å². The lowest BCUT2D eigenvalue weighted by atomic mass is 10.0. The molecule has 6 nitrogen and oxygen atoms in total. The number of carbonyl (C=O) groups is 1. The molecule has 1 fully saturated rings. The van der Waals surface area contributed by atoms with Crippen molar-refractivity contribution >= 4 is 5.91 Å². The van der Waals surface area contributed by atoms with Crippen LogP contribution in [0, 0.1) is 0 Å². The molecular weight excluding hydrogens is 358 g/mol. The molecule has 0 aromatic heterocycles. The van der Waals surface area contributed by atoms with Crippen LogP contribution in [0.2, 0.25) is 0 Å². The average Bonchev–Trinajstić information content (AvgIpc) is 2.96. The summed E-state index contributed by atoms with van der Waals surface area (Å²) in [5.41, 5.74) is 1.71. The van der Waals surface area contributed by atoms with E-state index in [2.05, 4.69) is 20.1 Å². The molecule has 2 heterocycles. The van der Waals surface area contributed by atoms with Gasteiger partial charge in [-0.25, -0.2) is 0 Å². The van der Waals surface area contributed by atoms with Gasteiger partial charge in [0.05, 0.1) is 12.1 Å². The first-order valence-electron chi connectivity index (χ1n) is 8.61. The highest BCUT2D eigenvalue weighted by molar-refractivity contribution is 5.95. The SMILES string of the molecule is O=C(NC1CCNCC1O)c1cccc(-c2ccc3c(c2)OC(F)(F)O3)c1. The number of rotatable bonds is 3. The maximum Gasteiger partial charge on any atom is 0.586 e. The summed E-state index contributed by atoms with van der Waals surface area (Å²) >= 11 is 0. The Balaban J connectivity index is 1.54. The summed E-state index contributed by atoms with van der Waals surface area (Å²) in [6.45, 7) is 1.16. The third kappa shape index (κ3) is 3.72. The van der Waals surface area contributed by atoms with Crippen molar-refractivity contribution in [2.24, 2.45) is 0 Å². The number of nitrogens with one attached hydrogen (secondary N) is 2. The van der Waals surface area contributed by atoms with E-state index < -0.39 is 12.4 Å². The molecule has 1 saturated heterocycles. The number of fused-ring (bicyclic) bond motifs is 1. The van der Waals surface area contributed by atoms with Gasteiger partial charge in [-0.05, 0) is 48.4 Å². The van der Waals surface area contributed by atoms with E-state index in [4.69, 9.17) is 0 Å². The van der Waals surface area contributed by atoms with Gasteiger partial charge in [-0.3, -0.25) is 4.79 Å². The molecule has 0 aliphatic carbocycles. The van der Waals surface area contributed by atoms with Crippen molar-refractivity contribution in [1.29, 1.82) is 0 Å². The third-order valence-corrected chi connectivity index (χ3v) is 4.63. The zero-order chi connectivity index (χ0) is 19.0. The molecule has 2 aliphatic rings. The summed E-state index contributed by atoms with van der Waals surface area (Å²) in [7, 11) is 0. The van der Waals surface area contributed by atoms with Gasteiger partial charge in [0.2, 0.25) is 0 Å². The maximum atomic E-state index is 13.2. The number of aliphatic hydroxyl groups excluding tert-OH is 1. The standard InChI is InChI=1S/C19H18F2N2O4/c20-19(21)26-16-5-4-12(9-17(16)27-19)11-2-1-3-13(8-11)18(25)23-14-6-7-22-10-15(14)24/h1-5,8-9,14-15,22,24H,6-7,10H2,(H,23,25). The minimum atomic E-state index is -3.67. The maximum absolute atomic E-state index is 13.2. The average molecular weight is 376 g/mol. The van der Waals surface area contributed by atoms with Gasteiger partial charge in [0, 0.05) is 12.1 Å².